The van der Waals surface area contributed by atoms with Gasteiger partial charge in [-0.3, -0.25) is 0 Å². The standard InChI is InChI=1S/C11H18N2O2/c1-3-7-15-10-5-4-6-12-11(10)13-9(2)8-14/h4-6,9,14H,3,7-8H2,1-2H3,(H,12,13). The fraction of sp³-hybridized carbons (Fsp3) is 0.545. The first-order valence-electron chi connectivity index (χ1n) is 5.23. The lowest BCUT2D eigenvalue weighted by molar-refractivity contribution is 0.280. The van der Waals surface area contributed by atoms with Gasteiger partial charge >= 0.3 is 0 Å². The van der Waals surface area contributed by atoms with Gasteiger partial charge in [-0.1, -0.05) is 6.92 Å². The van der Waals surface area contributed by atoms with E-state index in [0.717, 1.165) is 12.2 Å². The van der Waals surface area contributed by atoms with Gasteiger partial charge in [0, 0.05) is 12.2 Å². The maximum atomic E-state index is 8.93. The van der Waals surface area contributed by atoms with Crippen LogP contribution < -0.4 is 10.1 Å². The summed E-state index contributed by atoms with van der Waals surface area (Å²) in [5.74, 6) is 1.42. The summed E-state index contributed by atoms with van der Waals surface area (Å²) in [6, 6.07) is 3.68. The van der Waals surface area contributed by atoms with Crippen LogP contribution in [0, 0.1) is 0 Å². The van der Waals surface area contributed by atoms with Gasteiger partial charge in [0.1, 0.15) is 0 Å². The van der Waals surface area contributed by atoms with Crippen molar-refractivity contribution in [3.63, 3.8) is 0 Å². The average molecular weight is 210 g/mol. The second kappa shape index (κ2) is 6.24. The van der Waals surface area contributed by atoms with Crippen molar-refractivity contribution >= 4 is 5.82 Å². The Balaban J connectivity index is 2.67. The summed E-state index contributed by atoms with van der Waals surface area (Å²) in [6.07, 6.45) is 2.66. The Morgan fingerprint density at radius 1 is 1.60 bits per heavy atom. The smallest absolute Gasteiger partial charge is 0.169 e. The molecule has 0 fully saturated rings. The summed E-state index contributed by atoms with van der Waals surface area (Å²) in [4.78, 5) is 4.17. The molecule has 0 saturated carbocycles. The number of ether oxygens (including phenoxy) is 1. The van der Waals surface area contributed by atoms with Crippen LogP contribution >= 0.6 is 0 Å². The van der Waals surface area contributed by atoms with Crippen LogP contribution in [0.25, 0.3) is 0 Å². The van der Waals surface area contributed by atoms with E-state index in [9.17, 15) is 0 Å². The summed E-state index contributed by atoms with van der Waals surface area (Å²) in [5, 5.41) is 12.0. The topological polar surface area (TPSA) is 54.4 Å². The van der Waals surface area contributed by atoms with Crippen LogP contribution in [0.2, 0.25) is 0 Å². The monoisotopic (exact) mass is 210 g/mol. The third-order valence-electron chi connectivity index (χ3n) is 1.89. The average Bonchev–Trinajstić information content (AvgIpc) is 2.28. The Morgan fingerprint density at radius 3 is 3.07 bits per heavy atom. The minimum Gasteiger partial charge on any atom is -0.490 e. The molecule has 4 nitrogen and oxygen atoms in total. The van der Waals surface area contributed by atoms with Gasteiger partial charge in [-0.15, -0.1) is 0 Å². The number of nitrogens with zero attached hydrogens (tertiary/aromatic N) is 1. The van der Waals surface area contributed by atoms with E-state index in [0.29, 0.717) is 12.4 Å². The molecule has 2 N–H and O–H groups in total. The van der Waals surface area contributed by atoms with E-state index in [1.54, 1.807) is 6.20 Å². The molecule has 0 radical (unpaired) electrons. The first-order chi connectivity index (χ1) is 7.27. The number of nitrogens with one attached hydrogen (secondary N) is 1. The summed E-state index contributed by atoms with van der Waals surface area (Å²) in [6.45, 7) is 4.69. The van der Waals surface area contributed by atoms with Crippen molar-refractivity contribution in [3.8, 4) is 5.75 Å². The zero-order chi connectivity index (χ0) is 11.1. The van der Waals surface area contributed by atoms with Gasteiger partial charge in [0.2, 0.25) is 0 Å². The number of hydrogen-bond donors (Lipinski definition) is 2. The van der Waals surface area contributed by atoms with Crippen LogP contribution in [0.3, 0.4) is 0 Å². The molecule has 1 unspecified atom stereocenters. The van der Waals surface area contributed by atoms with E-state index in [2.05, 4.69) is 17.2 Å². The molecule has 0 spiro atoms. The highest BCUT2D eigenvalue weighted by molar-refractivity contribution is 5.49. The fourth-order valence-corrected chi connectivity index (χ4v) is 1.11. The Labute approximate surface area is 90.3 Å². The zero-order valence-corrected chi connectivity index (χ0v) is 9.23. The molecular formula is C11H18N2O2. The van der Waals surface area contributed by atoms with Crippen LogP contribution in [0.5, 0.6) is 5.75 Å². The molecule has 4 heteroatoms. The van der Waals surface area contributed by atoms with Crippen molar-refractivity contribution in [1.29, 1.82) is 0 Å². The Morgan fingerprint density at radius 2 is 2.40 bits per heavy atom. The van der Waals surface area contributed by atoms with Crippen molar-refractivity contribution in [2.24, 2.45) is 0 Å². The van der Waals surface area contributed by atoms with Gasteiger partial charge in [0.05, 0.1) is 13.2 Å². The lowest BCUT2D eigenvalue weighted by atomic mass is 10.3. The molecular weight excluding hydrogens is 192 g/mol. The molecule has 1 atom stereocenters. The molecule has 1 heterocycles. The third kappa shape index (κ3) is 3.75. The van der Waals surface area contributed by atoms with E-state index in [-0.39, 0.29) is 12.6 Å². The summed E-state index contributed by atoms with van der Waals surface area (Å²) < 4.78 is 5.53. The van der Waals surface area contributed by atoms with Crippen LogP contribution in [0.1, 0.15) is 20.3 Å². The number of rotatable bonds is 6. The highest BCUT2D eigenvalue weighted by atomic mass is 16.5. The highest BCUT2D eigenvalue weighted by Crippen LogP contribution is 2.21. The van der Waals surface area contributed by atoms with Crippen molar-refractivity contribution in [2.75, 3.05) is 18.5 Å². The summed E-state index contributed by atoms with van der Waals surface area (Å²) >= 11 is 0. The van der Waals surface area contributed by atoms with Crippen LogP contribution in [-0.4, -0.2) is 29.3 Å². The minimum atomic E-state index is -0.0242. The van der Waals surface area contributed by atoms with Gasteiger partial charge < -0.3 is 15.2 Å². The first-order valence-corrected chi connectivity index (χ1v) is 5.23. The predicted octanol–water partition coefficient (Wildman–Crippen LogP) is 1.66. The number of aromatic nitrogens is 1. The third-order valence-corrected chi connectivity index (χ3v) is 1.89. The zero-order valence-electron chi connectivity index (χ0n) is 9.23. The molecule has 84 valence electrons. The Hall–Kier alpha value is -1.29. The number of anilines is 1. The maximum Gasteiger partial charge on any atom is 0.169 e. The van der Waals surface area contributed by atoms with Gasteiger partial charge in [-0.05, 0) is 25.5 Å². The van der Waals surface area contributed by atoms with Crippen LogP contribution in [0.4, 0.5) is 5.82 Å². The number of hydrogen-bond acceptors (Lipinski definition) is 4. The lowest BCUT2D eigenvalue weighted by Gasteiger charge is -2.15. The molecule has 0 aromatic carbocycles. The molecule has 0 aliphatic carbocycles. The summed E-state index contributed by atoms with van der Waals surface area (Å²) in [7, 11) is 0. The molecule has 0 aliphatic heterocycles. The quantitative estimate of drug-likeness (QED) is 0.749. The van der Waals surface area contributed by atoms with E-state index >= 15 is 0 Å². The molecule has 0 bridgehead atoms. The molecule has 1 rings (SSSR count). The van der Waals surface area contributed by atoms with Gasteiger partial charge in [0.25, 0.3) is 0 Å². The van der Waals surface area contributed by atoms with Crippen LogP contribution in [0.15, 0.2) is 18.3 Å². The van der Waals surface area contributed by atoms with E-state index < -0.39 is 0 Å². The normalized spacial score (nSPS) is 12.2. The predicted molar refractivity (Wildman–Crippen MR) is 60.2 cm³/mol. The van der Waals surface area contributed by atoms with E-state index in [1.165, 1.54) is 0 Å². The lowest BCUT2D eigenvalue weighted by Crippen LogP contribution is -2.20. The molecule has 0 saturated heterocycles. The second-order valence-electron chi connectivity index (χ2n) is 3.43. The van der Waals surface area contributed by atoms with Crippen molar-refractivity contribution < 1.29 is 9.84 Å². The molecule has 0 amide bonds. The van der Waals surface area contributed by atoms with Gasteiger partial charge in [-0.2, -0.15) is 0 Å². The highest BCUT2D eigenvalue weighted by Gasteiger charge is 2.06. The minimum absolute atomic E-state index is 0.0242. The Kier molecular flexibility index (Phi) is 4.90. The maximum absolute atomic E-state index is 8.93. The van der Waals surface area contributed by atoms with Gasteiger partial charge in [-0.25, -0.2) is 4.98 Å². The fourth-order valence-electron chi connectivity index (χ4n) is 1.11. The van der Waals surface area contributed by atoms with Crippen molar-refractivity contribution in [1.82, 2.24) is 4.98 Å². The van der Waals surface area contributed by atoms with Crippen molar-refractivity contribution in [3.05, 3.63) is 18.3 Å². The number of pyridine rings is 1. The van der Waals surface area contributed by atoms with Crippen LogP contribution in [-0.2, 0) is 0 Å². The SMILES string of the molecule is CCCOc1cccnc1NC(C)CO. The van der Waals surface area contributed by atoms with E-state index in [4.69, 9.17) is 9.84 Å². The first kappa shape index (κ1) is 11.8. The second-order valence-corrected chi connectivity index (χ2v) is 3.43. The number of aliphatic hydroxyl groups excluding tert-OH is 1. The number of aliphatic hydroxyl groups is 1. The molecule has 1 aromatic rings. The Bertz CT molecular complexity index is 292. The van der Waals surface area contributed by atoms with Gasteiger partial charge in [0.15, 0.2) is 11.6 Å². The van der Waals surface area contributed by atoms with E-state index in [1.807, 2.05) is 19.1 Å². The molecule has 15 heavy (non-hydrogen) atoms. The molecule has 0 aliphatic rings. The molecule has 1 aromatic heterocycles. The van der Waals surface area contributed by atoms with Crippen molar-refractivity contribution in [2.45, 2.75) is 26.3 Å². The largest absolute Gasteiger partial charge is 0.490 e. The summed E-state index contributed by atoms with van der Waals surface area (Å²) in [5.41, 5.74) is 0.